The summed E-state index contributed by atoms with van der Waals surface area (Å²) in [5.74, 6) is 0. The van der Waals surface area contributed by atoms with Gasteiger partial charge in [-0.1, -0.05) is 0 Å². The molecule has 0 saturated heterocycles. The van der Waals surface area contributed by atoms with Gasteiger partial charge in [0.05, 0.1) is 0 Å². The quantitative estimate of drug-likeness (QED) is 0.521. The van der Waals surface area contributed by atoms with E-state index in [1.807, 2.05) is 0 Å². The third-order valence-electron chi connectivity index (χ3n) is 0. The summed E-state index contributed by atoms with van der Waals surface area (Å²) >= 11 is -4.41. The summed E-state index contributed by atoms with van der Waals surface area (Å²) in [5, 5.41) is 0. The molecular formula is CeO3. The van der Waals surface area contributed by atoms with Crippen molar-refractivity contribution < 1.29 is 38.6 Å². The fourth-order valence-corrected chi connectivity index (χ4v) is 0. The molecule has 4 heavy (non-hydrogen) atoms. The van der Waals surface area contributed by atoms with Gasteiger partial charge < -0.3 is 0 Å². The second-order valence-corrected chi connectivity index (χ2v) is 1.82. The van der Waals surface area contributed by atoms with Crippen molar-refractivity contribution in [3.05, 3.63) is 0 Å². The zero-order valence-electron chi connectivity index (χ0n) is 1.72. The molecule has 0 saturated carbocycles. The van der Waals surface area contributed by atoms with Gasteiger partial charge in [0.25, 0.3) is 0 Å². The van der Waals surface area contributed by atoms with Crippen molar-refractivity contribution in [3.63, 3.8) is 0 Å². The first kappa shape index (κ1) is 4.78. The van der Waals surface area contributed by atoms with Crippen LogP contribution in [0.1, 0.15) is 0 Å². The topological polar surface area (TPSA) is 51.2 Å². The molecule has 0 rings (SSSR count). The van der Waals surface area contributed by atoms with Crippen LogP contribution in [-0.2, 0) is 2.81 Å². The molecule has 0 aliphatic rings. The normalized spacial score (nSPS) is 3.75. The molecule has 3 nitrogen and oxygen atoms in total. The minimum atomic E-state index is -4.41. The number of hydrogen-bond acceptors (Lipinski definition) is 3. The monoisotopic (exact) mass is 188 g/mol. The molecule has 0 aliphatic carbocycles. The molecule has 0 aromatic carbocycles. The van der Waals surface area contributed by atoms with Crippen molar-refractivity contribution in [1.29, 1.82) is 0 Å². The molecule has 0 radical (unpaired) electrons. The molecule has 0 amide bonds. The summed E-state index contributed by atoms with van der Waals surface area (Å²) in [6.45, 7) is 0. The van der Waals surface area contributed by atoms with Gasteiger partial charge in [-0.3, -0.25) is 0 Å². The van der Waals surface area contributed by atoms with Crippen LogP contribution >= 0.6 is 0 Å². The third-order valence-corrected chi connectivity index (χ3v) is 0. The standard InChI is InChI=1S/Ce.3O. The molecule has 0 aromatic rings. The Labute approximate surface area is 38.2 Å². The van der Waals surface area contributed by atoms with Crippen LogP contribution in [0.3, 0.4) is 0 Å². The average Bonchev–Trinajstić information content (AvgIpc) is 0.811. The van der Waals surface area contributed by atoms with E-state index in [2.05, 4.69) is 0 Å². The van der Waals surface area contributed by atoms with E-state index in [9.17, 15) is 0 Å². The Morgan fingerprint density at radius 1 is 1.00 bits per heavy atom. The molecule has 0 atom stereocenters. The van der Waals surface area contributed by atoms with E-state index < -0.39 is 35.8 Å². The number of hydrogen-bond donors (Lipinski definition) is 0. The Balaban J connectivity index is 4.65. The van der Waals surface area contributed by atoms with E-state index in [0.717, 1.165) is 0 Å². The second-order valence-electron chi connectivity index (χ2n) is 0.250. The minimum absolute atomic E-state index is 4.41. The average molecular weight is 188 g/mol. The summed E-state index contributed by atoms with van der Waals surface area (Å²) in [6.07, 6.45) is 0. The summed E-state index contributed by atoms with van der Waals surface area (Å²) in [7, 11) is 0. The maximum absolute atomic E-state index is 8.63. The van der Waals surface area contributed by atoms with Crippen LogP contribution in [0.15, 0.2) is 0 Å². The molecule has 0 heterocycles. The fraction of sp³-hybridized carbons (Fsp3) is 0. The van der Waals surface area contributed by atoms with Gasteiger partial charge >= 0.3 is 38.6 Å². The first-order valence-electron chi connectivity index (χ1n) is 0.612. The molecule has 0 aromatic heterocycles. The summed E-state index contributed by atoms with van der Waals surface area (Å²) in [6, 6.07) is 0. The molecule has 0 unspecified atom stereocenters. The Bertz CT molecular complexity index is 72.7. The van der Waals surface area contributed by atoms with Gasteiger partial charge in [0.2, 0.25) is 0 Å². The van der Waals surface area contributed by atoms with Crippen LogP contribution in [0, 0.1) is 35.8 Å². The Kier molecular flexibility index (Phi) is 2.44. The van der Waals surface area contributed by atoms with Gasteiger partial charge in [0.1, 0.15) is 0 Å². The van der Waals surface area contributed by atoms with Crippen molar-refractivity contribution in [2.24, 2.45) is 0 Å². The Morgan fingerprint density at radius 3 is 1.00 bits per heavy atom. The van der Waals surface area contributed by atoms with Gasteiger partial charge in [0.15, 0.2) is 0 Å². The summed E-state index contributed by atoms with van der Waals surface area (Å²) < 4.78 is 25.9. The van der Waals surface area contributed by atoms with Gasteiger partial charge in [0, 0.05) is 0 Å². The van der Waals surface area contributed by atoms with E-state index >= 15 is 0 Å². The Hall–Kier alpha value is 0.777. The molecular weight excluding hydrogens is 188 g/mol. The molecule has 0 spiro atoms. The third kappa shape index (κ3) is 14.5. The van der Waals surface area contributed by atoms with Crippen LogP contribution in [0.2, 0.25) is 0 Å². The van der Waals surface area contributed by atoms with Gasteiger partial charge in [-0.2, -0.15) is 0 Å². The first-order valence-corrected chi connectivity index (χ1v) is 4.46. The zero-order chi connectivity index (χ0) is 3.58. The van der Waals surface area contributed by atoms with E-state index in [-0.39, 0.29) is 0 Å². The van der Waals surface area contributed by atoms with Crippen molar-refractivity contribution in [2.45, 2.75) is 0 Å². The maximum atomic E-state index is 8.63. The van der Waals surface area contributed by atoms with Gasteiger partial charge in [-0.25, -0.2) is 0 Å². The number of rotatable bonds is 0. The van der Waals surface area contributed by atoms with E-state index in [0.29, 0.717) is 0 Å². The van der Waals surface area contributed by atoms with Crippen LogP contribution < -0.4 is 0 Å². The second kappa shape index (κ2) is 2.04. The predicted molar refractivity (Wildman–Crippen MR) is 2.06 cm³/mol. The van der Waals surface area contributed by atoms with Crippen molar-refractivity contribution in [1.82, 2.24) is 0 Å². The van der Waals surface area contributed by atoms with Crippen LogP contribution in [-0.4, -0.2) is 0 Å². The Morgan fingerprint density at radius 2 is 1.00 bits per heavy atom. The molecule has 0 N–H and O–H groups in total. The molecule has 4 heteroatoms. The SMILES string of the molecule is [O]=[Ce](=[O])=[O]. The predicted octanol–water partition coefficient (Wildman–Crippen LogP) is -0.356. The fourth-order valence-electron chi connectivity index (χ4n) is 0. The van der Waals surface area contributed by atoms with Crippen molar-refractivity contribution in [2.75, 3.05) is 0 Å². The molecule has 0 fully saturated rings. The summed E-state index contributed by atoms with van der Waals surface area (Å²) in [4.78, 5) is 0. The summed E-state index contributed by atoms with van der Waals surface area (Å²) in [5.41, 5.74) is 0. The molecule has 22 valence electrons. The van der Waals surface area contributed by atoms with Crippen molar-refractivity contribution in [3.8, 4) is 0 Å². The van der Waals surface area contributed by atoms with Crippen LogP contribution in [0.5, 0.6) is 0 Å². The molecule has 0 bridgehead atoms. The van der Waals surface area contributed by atoms with Crippen molar-refractivity contribution >= 4 is 0 Å². The van der Waals surface area contributed by atoms with Gasteiger partial charge in [-0.05, 0) is 0 Å². The van der Waals surface area contributed by atoms with E-state index in [1.165, 1.54) is 0 Å². The van der Waals surface area contributed by atoms with E-state index in [1.54, 1.807) is 0 Å². The van der Waals surface area contributed by atoms with Crippen LogP contribution in [0.25, 0.3) is 0 Å². The molecule has 0 aliphatic heterocycles. The van der Waals surface area contributed by atoms with E-state index in [4.69, 9.17) is 2.81 Å². The first-order chi connectivity index (χ1) is 1.73. The zero-order valence-corrected chi connectivity index (χ0v) is 4.86. The van der Waals surface area contributed by atoms with Crippen LogP contribution in [0.4, 0.5) is 0 Å². The van der Waals surface area contributed by atoms with Gasteiger partial charge in [-0.15, -0.1) is 0 Å².